The number of benzene rings is 1. The molecule has 1 aliphatic carbocycles. The van der Waals surface area contributed by atoms with E-state index in [1.165, 1.54) is 0 Å². The van der Waals surface area contributed by atoms with Gasteiger partial charge in [-0.1, -0.05) is 18.6 Å². The topological polar surface area (TPSA) is 90.0 Å². The number of primary amides is 1. The van der Waals surface area contributed by atoms with Gasteiger partial charge in [0.15, 0.2) is 0 Å². The number of aryl methyl sites for hydroxylation is 2. The molecule has 25 heavy (non-hydrogen) atoms. The molecule has 1 saturated carbocycles. The molecule has 2 aromatic rings. The second-order valence-electron chi connectivity index (χ2n) is 6.80. The van der Waals surface area contributed by atoms with Gasteiger partial charge in [-0.2, -0.15) is 5.10 Å². The van der Waals surface area contributed by atoms with Crippen molar-refractivity contribution < 1.29 is 9.59 Å². The minimum Gasteiger partial charge on any atom is -0.369 e. The molecule has 0 aliphatic heterocycles. The number of nitrogens with two attached hydrogens (primary N) is 1. The maximum atomic E-state index is 12.3. The van der Waals surface area contributed by atoms with Gasteiger partial charge >= 0.3 is 0 Å². The number of aromatic nitrogens is 2. The molecule has 0 radical (unpaired) electrons. The summed E-state index contributed by atoms with van der Waals surface area (Å²) in [4.78, 5) is 23.7. The van der Waals surface area contributed by atoms with Crippen LogP contribution < -0.4 is 11.1 Å². The molecule has 6 nitrogen and oxygen atoms in total. The summed E-state index contributed by atoms with van der Waals surface area (Å²) >= 11 is 0. The lowest BCUT2D eigenvalue weighted by Gasteiger charge is -2.18. The van der Waals surface area contributed by atoms with E-state index in [2.05, 4.69) is 10.4 Å². The molecule has 0 spiro atoms. The predicted molar refractivity (Wildman–Crippen MR) is 95.2 cm³/mol. The summed E-state index contributed by atoms with van der Waals surface area (Å²) in [5, 5.41) is 7.42. The fraction of sp³-hybridized carbons (Fsp3) is 0.421. The van der Waals surface area contributed by atoms with Gasteiger partial charge < -0.3 is 11.1 Å². The number of amides is 2. The zero-order valence-electron chi connectivity index (χ0n) is 14.7. The highest BCUT2D eigenvalue weighted by Crippen LogP contribution is 2.25. The van der Waals surface area contributed by atoms with Crippen LogP contribution in [0.3, 0.4) is 0 Å². The molecule has 3 N–H and O–H groups in total. The van der Waals surface area contributed by atoms with E-state index < -0.39 is 0 Å². The third-order valence-corrected chi connectivity index (χ3v) is 4.78. The van der Waals surface area contributed by atoms with Crippen LogP contribution in [0.15, 0.2) is 30.3 Å². The van der Waals surface area contributed by atoms with Crippen molar-refractivity contribution in [3.63, 3.8) is 0 Å². The van der Waals surface area contributed by atoms with Crippen molar-refractivity contribution >= 4 is 11.8 Å². The lowest BCUT2D eigenvalue weighted by molar-refractivity contribution is -0.124. The SMILES string of the molecule is Cc1cc(C)n(-c2ccc(CC(=O)N[C@H]3CCC[C@@H]3C(N)=O)cc2)n1. The third kappa shape index (κ3) is 3.90. The lowest BCUT2D eigenvalue weighted by atomic mass is 10.0. The molecule has 132 valence electrons. The Hall–Kier alpha value is -2.63. The molecule has 6 heteroatoms. The Bertz CT molecular complexity index is 779. The second kappa shape index (κ2) is 7.09. The van der Waals surface area contributed by atoms with Crippen molar-refractivity contribution in [1.29, 1.82) is 0 Å². The fourth-order valence-electron chi connectivity index (χ4n) is 3.56. The number of carbonyl (C=O) groups excluding carboxylic acids is 2. The molecule has 0 unspecified atom stereocenters. The zero-order valence-corrected chi connectivity index (χ0v) is 14.7. The highest BCUT2D eigenvalue weighted by molar-refractivity contribution is 5.82. The van der Waals surface area contributed by atoms with Gasteiger partial charge in [-0.15, -0.1) is 0 Å². The van der Waals surface area contributed by atoms with E-state index >= 15 is 0 Å². The number of carbonyl (C=O) groups is 2. The Labute approximate surface area is 147 Å². The normalized spacial score (nSPS) is 19.8. The molecule has 0 saturated heterocycles. The minimum atomic E-state index is -0.322. The largest absolute Gasteiger partial charge is 0.369 e. The number of hydrogen-bond acceptors (Lipinski definition) is 3. The van der Waals surface area contributed by atoms with Crippen molar-refractivity contribution in [3.05, 3.63) is 47.3 Å². The third-order valence-electron chi connectivity index (χ3n) is 4.78. The summed E-state index contributed by atoms with van der Waals surface area (Å²) in [5.41, 5.74) is 9.35. The molecule has 2 amide bonds. The van der Waals surface area contributed by atoms with Gasteiger partial charge in [-0.3, -0.25) is 9.59 Å². The van der Waals surface area contributed by atoms with E-state index in [0.29, 0.717) is 6.42 Å². The molecule has 1 aliphatic rings. The quantitative estimate of drug-likeness (QED) is 0.869. The minimum absolute atomic E-state index is 0.0722. The van der Waals surface area contributed by atoms with E-state index in [1.54, 1.807) is 0 Å². The molecular formula is C19H24N4O2. The summed E-state index contributed by atoms with van der Waals surface area (Å²) in [5.74, 6) is -0.633. The van der Waals surface area contributed by atoms with E-state index in [-0.39, 0.29) is 23.8 Å². The Morgan fingerprint density at radius 1 is 1.24 bits per heavy atom. The zero-order chi connectivity index (χ0) is 18.0. The summed E-state index contributed by atoms with van der Waals surface area (Å²) < 4.78 is 1.88. The summed E-state index contributed by atoms with van der Waals surface area (Å²) in [6.45, 7) is 3.97. The maximum absolute atomic E-state index is 12.3. The van der Waals surface area contributed by atoms with Crippen LogP contribution in [0.5, 0.6) is 0 Å². The van der Waals surface area contributed by atoms with Crippen molar-refractivity contribution in [3.8, 4) is 5.69 Å². The number of nitrogens with zero attached hydrogens (tertiary/aromatic N) is 2. The highest BCUT2D eigenvalue weighted by Gasteiger charge is 2.32. The Balaban J connectivity index is 1.62. The molecule has 0 bridgehead atoms. The van der Waals surface area contributed by atoms with Crippen LogP contribution in [0.1, 0.15) is 36.2 Å². The Morgan fingerprint density at radius 2 is 1.96 bits per heavy atom. The molecule has 1 fully saturated rings. The lowest BCUT2D eigenvalue weighted by Crippen LogP contribution is -2.42. The van der Waals surface area contributed by atoms with Crippen molar-refractivity contribution in [1.82, 2.24) is 15.1 Å². The molecule has 1 aromatic heterocycles. The summed E-state index contributed by atoms with van der Waals surface area (Å²) in [6.07, 6.45) is 2.79. The van der Waals surface area contributed by atoms with Gasteiger partial charge in [0.2, 0.25) is 11.8 Å². The Morgan fingerprint density at radius 3 is 2.56 bits per heavy atom. The van der Waals surface area contributed by atoms with Gasteiger partial charge in [0.1, 0.15) is 0 Å². The number of hydrogen-bond donors (Lipinski definition) is 2. The average Bonchev–Trinajstić information content (AvgIpc) is 3.14. The van der Waals surface area contributed by atoms with Crippen molar-refractivity contribution in [2.24, 2.45) is 11.7 Å². The second-order valence-corrected chi connectivity index (χ2v) is 6.80. The first-order chi connectivity index (χ1) is 11.9. The van der Waals surface area contributed by atoms with Gasteiger partial charge in [-0.25, -0.2) is 4.68 Å². The van der Waals surface area contributed by atoms with Gasteiger partial charge in [0.25, 0.3) is 0 Å². The molecular weight excluding hydrogens is 316 g/mol. The van der Waals surface area contributed by atoms with Gasteiger partial charge in [0, 0.05) is 11.7 Å². The van der Waals surface area contributed by atoms with E-state index in [4.69, 9.17) is 5.73 Å². The van der Waals surface area contributed by atoms with E-state index in [9.17, 15) is 9.59 Å². The average molecular weight is 340 g/mol. The van der Waals surface area contributed by atoms with Crippen LogP contribution in [-0.4, -0.2) is 27.6 Å². The number of rotatable bonds is 5. The maximum Gasteiger partial charge on any atom is 0.224 e. The van der Waals surface area contributed by atoms with Crippen molar-refractivity contribution in [2.45, 2.75) is 45.6 Å². The molecule has 1 heterocycles. The van der Waals surface area contributed by atoms with Gasteiger partial charge in [0.05, 0.1) is 23.7 Å². The van der Waals surface area contributed by atoms with Crippen LogP contribution in [0.25, 0.3) is 5.69 Å². The van der Waals surface area contributed by atoms with E-state index in [0.717, 1.165) is 41.9 Å². The summed E-state index contributed by atoms with van der Waals surface area (Å²) in [7, 11) is 0. The first kappa shape index (κ1) is 17.2. The van der Waals surface area contributed by atoms with E-state index in [1.807, 2.05) is 48.9 Å². The first-order valence-corrected chi connectivity index (χ1v) is 8.65. The van der Waals surface area contributed by atoms with Crippen LogP contribution in [-0.2, 0) is 16.0 Å². The van der Waals surface area contributed by atoms with Gasteiger partial charge in [-0.05, 0) is 50.5 Å². The first-order valence-electron chi connectivity index (χ1n) is 8.65. The van der Waals surface area contributed by atoms with Crippen molar-refractivity contribution in [2.75, 3.05) is 0 Å². The van der Waals surface area contributed by atoms with Crippen LogP contribution in [0, 0.1) is 19.8 Å². The van der Waals surface area contributed by atoms with Crippen LogP contribution in [0.2, 0.25) is 0 Å². The fourth-order valence-corrected chi connectivity index (χ4v) is 3.56. The molecule has 3 rings (SSSR count). The Kier molecular flexibility index (Phi) is 4.88. The highest BCUT2D eigenvalue weighted by atomic mass is 16.2. The molecule has 2 atom stereocenters. The predicted octanol–water partition coefficient (Wildman–Crippen LogP) is 1.80. The smallest absolute Gasteiger partial charge is 0.224 e. The van der Waals surface area contributed by atoms with Crippen LogP contribution >= 0.6 is 0 Å². The summed E-state index contributed by atoms with van der Waals surface area (Å²) in [6, 6.07) is 9.70. The van der Waals surface area contributed by atoms with Crippen LogP contribution in [0.4, 0.5) is 0 Å². The number of nitrogens with one attached hydrogen (secondary N) is 1. The molecule has 1 aromatic carbocycles. The standard InChI is InChI=1S/C19H24N4O2/c1-12-10-13(2)23(22-12)15-8-6-14(7-9-15)11-18(24)21-17-5-3-4-16(17)19(20)25/h6-10,16-17H,3-5,11H2,1-2H3,(H2,20,25)(H,21,24)/t16-,17-/m0/s1. The monoisotopic (exact) mass is 340 g/mol.